The SMILES string of the molecule is Cc1ccccc1CCNCCCNC1CC1. The zero-order valence-corrected chi connectivity index (χ0v) is 10.8. The van der Waals surface area contributed by atoms with Crippen molar-refractivity contribution < 1.29 is 0 Å². The second-order valence-electron chi connectivity index (χ2n) is 5.01. The molecule has 0 unspecified atom stereocenters. The van der Waals surface area contributed by atoms with Crippen molar-refractivity contribution in [2.24, 2.45) is 0 Å². The van der Waals surface area contributed by atoms with E-state index >= 15 is 0 Å². The Hall–Kier alpha value is -0.860. The van der Waals surface area contributed by atoms with Crippen LogP contribution in [0.4, 0.5) is 0 Å². The van der Waals surface area contributed by atoms with Crippen LogP contribution in [0.5, 0.6) is 0 Å². The summed E-state index contributed by atoms with van der Waals surface area (Å²) in [6, 6.07) is 9.50. The van der Waals surface area contributed by atoms with Gasteiger partial charge in [-0.1, -0.05) is 24.3 Å². The molecule has 2 heteroatoms. The van der Waals surface area contributed by atoms with E-state index in [0.29, 0.717) is 0 Å². The second-order valence-corrected chi connectivity index (χ2v) is 5.01. The first-order valence-electron chi connectivity index (χ1n) is 6.85. The molecular formula is C15H24N2. The van der Waals surface area contributed by atoms with Crippen LogP contribution in [-0.2, 0) is 6.42 Å². The number of rotatable bonds is 8. The third kappa shape index (κ3) is 4.88. The van der Waals surface area contributed by atoms with E-state index in [1.807, 2.05) is 0 Å². The number of hydrogen-bond acceptors (Lipinski definition) is 2. The maximum Gasteiger partial charge on any atom is 0.00682 e. The Morgan fingerprint density at radius 2 is 1.94 bits per heavy atom. The van der Waals surface area contributed by atoms with Crippen LogP contribution in [0.15, 0.2) is 24.3 Å². The molecule has 1 aromatic carbocycles. The van der Waals surface area contributed by atoms with Gasteiger partial charge in [-0.15, -0.1) is 0 Å². The molecule has 0 amide bonds. The molecule has 0 aromatic heterocycles. The van der Waals surface area contributed by atoms with Crippen molar-refractivity contribution in [3.05, 3.63) is 35.4 Å². The van der Waals surface area contributed by atoms with Gasteiger partial charge in [0.1, 0.15) is 0 Å². The van der Waals surface area contributed by atoms with Gasteiger partial charge in [0.25, 0.3) is 0 Å². The molecule has 1 aliphatic rings. The molecule has 2 nitrogen and oxygen atoms in total. The van der Waals surface area contributed by atoms with Crippen LogP contribution in [-0.4, -0.2) is 25.7 Å². The van der Waals surface area contributed by atoms with Crippen LogP contribution in [0.25, 0.3) is 0 Å². The fourth-order valence-electron chi connectivity index (χ4n) is 2.05. The molecule has 2 rings (SSSR count). The number of hydrogen-bond donors (Lipinski definition) is 2. The van der Waals surface area contributed by atoms with Gasteiger partial charge in [0.15, 0.2) is 0 Å². The van der Waals surface area contributed by atoms with Crippen molar-refractivity contribution in [3.8, 4) is 0 Å². The summed E-state index contributed by atoms with van der Waals surface area (Å²) >= 11 is 0. The molecule has 0 heterocycles. The van der Waals surface area contributed by atoms with E-state index < -0.39 is 0 Å². The average Bonchev–Trinajstić information content (AvgIpc) is 3.14. The van der Waals surface area contributed by atoms with E-state index in [9.17, 15) is 0 Å². The lowest BCUT2D eigenvalue weighted by molar-refractivity contribution is 0.593. The Bertz CT molecular complexity index is 331. The third-order valence-electron chi connectivity index (χ3n) is 3.37. The van der Waals surface area contributed by atoms with Crippen molar-refractivity contribution in [1.82, 2.24) is 10.6 Å². The third-order valence-corrected chi connectivity index (χ3v) is 3.37. The molecule has 0 aliphatic heterocycles. The highest BCUT2D eigenvalue weighted by atomic mass is 14.9. The molecular weight excluding hydrogens is 208 g/mol. The highest BCUT2D eigenvalue weighted by Gasteiger charge is 2.19. The van der Waals surface area contributed by atoms with E-state index in [1.165, 1.54) is 36.9 Å². The lowest BCUT2D eigenvalue weighted by Gasteiger charge is -2.07. The van der Waals surface area contributed by atoms with Crippen LogP contribution in [0.3, 0.4) is 0 Å². The van der Waals surface area contributed by atoms with Crippen LogP contribution in [0, 0.1) is 6.92 Å². The topological polar surface area (TPSA) is 24.1 Å². The average molecular weight is 232 g/mol. The van der Waals surface area contributed by atoms with Crippen molar-refractivity contribution in [1.29, 1.82) is 0 Å². The highest BCUT2D eigenvalue weighted by molar-refractivity contribution is 5.25. The van der Waals surface area contributed by atoms with Gasteiger partial charge >= 0.3 is 0 Å². The van der Waals surface area contributed by atoms with Crippen LogP contribution in [0.2, 0.25) is 0 Å². The predicted octanol–water partition coefficient (Wildman–Crippen LogP) is 2.27. The van der Waals surface area contributed by atoms with Crippen molar-refractivity contribution >= 4 is 0 Å². The van der Waals surface area contributed by atoms with Gasteiger partial charge < -0.3 is 10.6 Å². The molecule has 1 aliphatic carbocycles. The molecule has 0 atom stereocenters. The van der Waals surface area contributed by atoms with E-state index in [4.69, 9.17) is 0 Å². The Morgan fingerprint density at radius 1 is 1.12 bits per heavy atom. The summed E-state index contributed by atoms with van der Waals surface area (Å²) < 4.78 is 0. The molecule has 0 spiro atoms. The summed E-state index contributed by atoms with van der Waals surface area (Å²) in [5.74, 6) is 0. The summed E-state index contributed by atoms with van der Waals surface area (Å²) in [6.45, 7) is 5.58. The number of aryl methyl sites for hydroxylation is 1. The van der Waals surface area contributed by atoms with Gasteiger partial charge in [-0.2, -0.15) is 0 Å². The lowest BCUT2D eigenvalue weighted by Crippen LogP contribution is -2.24. The maximum absolute atomic E-state index is 3.53. The summed E-state index contributed by atoms with van der Waals surface area (Å²) in [4.78, 5) is 0. The van der Waals surface area contributed by atoms with Crippen LogP contribution in [0.1, 0.15) is 30.4 Å². The normalized spacial score (nSPS) is 15.1. The van der Waals surface area contributed by atoms with Gasteiger partial charge in [0.2, 0.25) is 0 Å². The minimum absolute atomic E-state index is 0.849. The quantitative estimate of drug-likeness (QED) is 0.672. The standard InChI is InChI=1S/C15H24N2/c1-13-5-2-3-6-14(13)9-12-16-10-4-11-17-15-7-8-15/h2-3,5-6,15-17H,4,7-12H2,1H3. The van der Waals surface area contributed by atoms with E-state index in [1.54, 1.807) is 0 Å². The van der Waals surface area contributed by atoms with Crippen LogP contribution >= 0.6 is 0 Å². The summed E-state index contributed by atoms with van der Waals surface area (Å²) in [5.41, 5.74) is 2.88. The Morgan fingerprint density at radius 3 is 2.71 bits per heavy atom. The summed E-state index contributed by atoms with van der Waals surface area (Å²) in [7, 11) is 0. The van der Waals surface area contributed by atoms with Crippen LogP contribution < -0.4 is 10.6 Å². The first-order valence-corrected chi connectivity index (χ1v) is 6.85. The minimum atomic E-state index is 0.849. The molecule has 17 heavy (non-hydrogen) atoms. The lowest BCUT2D eigenvalue weighted by atomic mass is 10.1. The maximum atomic E-state index is 3.53. The first-order chi connectivity index (χ1) is 8.36. The number of nitrogens with one attached hydrogen (secondary N) is 2. The highest BCUT2D eigenvalue weighted by Crippen LogP contribution is 2.18. The van der Waals surface area contributed by atoms with Gasteiger partial charge in [-0.05, 0) is 63.4 Å². The van der Waals surface area contributed by atoms with Gasteiger partial charge in [0, 0.05) is 6.04 Å². The molecule has 0 bridgehead atoms. The zero-order valence-electron chi connectivity index (χ0n) is 10.8. The molecule has 0 radical (unpaired) electrons. The summed E-state index contributed by atoms with van der Waals surface area (Å²) in [6.07, 6.45) is 5.16. The molecule has 2 N–H and O–H groups in total. The van der Waals surface area contributed by atoms with Gasteiger partial charge in [-0.25, -0.2) is 0 Å². The van der Waals surface area contributed by atoms with E-state index in [0.717, 1.165) is 25.6 Å². The fraction of sp³-hybridized carbons (Fsp3) is 0.600. The smallest absolute Gasteiger partial charge is 0.00682 e. The summed E-state index contributed by atoms with van der Waals surface area (Å²) in [5, 5.41) is 7.05. The monoisotopic (exact) mass is 232 g/mol. The Kier molecular flexibility index (Phi) is 5.02. The molecule has 1 saturated carbocycles. The van der Waals surface area contributed by atoms with Gasteiger partial charge in [0.05, 0.1) is 0 Å². The van der Waals surface area contributed by atoms with Crippen molar-refractivity contribution in [2.75, 3.05) is 19.6 Å². The van der Waals surface area contributed by atoms with E-state index in [2.05, 4.69) is 41.8 Å². The first kappa shape index (κ1) is 12.6. The van der Waals surface area contributed by atoms with Crippen molar-refractivity contribution in [3.63, 3.8) is 0 Å². The second kappa shape index (κ2) is 6.77. The Labute approximate surface area is 105 Å². The zero-order chi connectivity index (χ0) is 11.9. The molecule has 1 aromatic rings. The molecule has 1 fully saturated rings. The van der Waals surface area contributed by atoms with E-state index in [-0.39, 0.29) is 0 Å². The molecule has 94 valence electrons. The van der Waals surface area contributed by atoms with Crippen molar-refractivity contribution in [2.45, 2.75) is 38.6 Å². The fourth-order valence-corrected chi connectivity index (χ4v) is 2.05. The van der Waals surface area contributed by atoms with Gasteiger partial charge in [-0.3, -0.25) is 0 Å². The number of benzene rings is 1. The molecule has 0 saturated heterocycles. The minimum Gasteiger partial charge on any atom is -0.316 e. The predicted molar refractivity (Wildman–Crippen MR) is 73.4 cm³/mol. The Balaban J connectivity index is 1.49. The largest absolute Gasteiger partial charge is 0.316 e.